The molecule has 1 fully saturated rings. The van der Waals surface area contributed by atoms with Gasteiger partial charge in [0.25, 0.3) is 0 Å². The van der Waals surface area contributed by atoms with Crippen LogP contribution in [-0.4, -0.2) is 45.5 Å². The first kappa shape index (κ1) is 16.5. The van der Waals surface area contributed by atoms with E-state index in [-0.39, 0.29) is 11.9 Å². The normalized spacial score (nSPS) is 17.2. The van der Waals surface area contributed by atoms with Gasteiger partial charge in [0.05, 0.1) is 18.8 Å². The number of carbonyl (C=O) groups excluding carboxylic acids is 1. The first-order valence-electron chi connectivity index (χ1n) is 8.61. The van der Waals surface area contributed by atoms with Crippen LogP contribution in [-0.2, 0) is 11.2 Å². The van der Waals surface area contributed by atoms with Crippen LogP contribution < -0.4 is 4.74 Å². The topological polar surface area (TPSA) is 60.2 Å². The van der Waals surface area contributed by atoms with Gasteiger partial charge in [0.1, 0.15) is 5.75 Å². The Kier molecular flexibility index (Phi) is 5.46. The lowest BCUT2D eigenvalue weighted by atomic mass is 10.1. The van der Waals surface area contributed by atoms with E-state index in [4.69, 9.17) is 4.74 Å². The summed E-state index contributed by atoms with van der Waals surface area (Å²) in [5, 5.41) is 7.87. The molecule has 128 valence electrons. The van der Waals surface area contributed by atoms with Crippen LogP contribution in [0.5, 0.6) is 5.75 Å². The van der Waals surface area contributed by atoms with Crippen molar-refractivity contribution in [3.8, 4) is 5.75 Å². The van der Waals surface area contributed by atoms with Crippen molar-refractivity contribution in [2.45, 2.75) is 38.6 Å². The fourth-order valence-corrected chi connectivity index (χ4v) is 2.98. The summed E-state index contributed by atoms with van der Waals surface area (Å²) < 4.78 is 7.43. The highest BCUT2D eigenvalue weighted by Gasteiger charge is 2.27. The number of hydrogen-bond acceptors (Lipinski definition) is 4. The number of nitrogens with zero attached hydrogens (tertiary/aromatic N) is 4. The zero-order valence-electron chi connectivity index (χ0n) is 14.1. The molecule has 1 aliphatic heterocycles. The second-order valence-corrected chi connectivity index (χ2v) is 6.16. The zero-order chi connectivity index (χ0) is 16.8. The molecule has 0 spiro atoms. The van der Waals surface area contributed by atoms with Gasteiger partial charge in [-0.2, -0.15) is 0 Å². The Balaban J connectivity index is 1.45. The van der Waals surface area contributed by atoms with Gasteiger partial charge in [-0.1, -0.05) is 24.3 Å². The highest BCUT2D eigenvalue weighted by molar-refractivity contribution is 5.76. The quantitative estimate of drug-likeness (QED) is 0.783. The molecule has 2 aromatic rings. The number of ether oxygens (including phenoxy) is 1. The Hall–Kier alpha value is -2.37. The molecular weight excluding hydrogens is 304 g/mol. The first-order valence-corrected chi connectivity index (χ1v) is 8.61. The van der Waals surface area contributed by atoms with E-state index in [1.54, 1.807) is 6.20 Å². The Morgan fingerprint density at radius 3 is 2.88 bits per heavy atom. The number of benzene rings is 1. The van der Waals surface area contributed by atoms with Gasteiger partial charge in [0.15, 0.2) is 0 Å². The van der Waals surface area contributed by atoms with Crippen molar-refractivity contribution in [3.05, 3.63) is 42.2 Å². The minimum Gasteiger partial charge on any atom is -0.494 e. The van der Waals surface area contributed by atoms with Crippen LogP contribution in [0.1, 0.15) is 37.8 Å². The van der Waals surface area contributed by atoms with E-state index in [1.165, 1.54) is 5.56 Å². The number of aromatic nitrogens is 3. The summed E-state index contributed by atoms with van der Waals surface area (Å²) in [6.07, 6.45) is 6.79. The standard InChI is InChI=1S/C18H24N4O2/c1-2-13-24-17-6-3-15(4-7-17)5-8-18(23)21-11-9-16(14-21)22-12-10-19-20-22/h3-4,6-7,10,12,16H,2,5,8-9,11,13-14H2,1H3/t16-/m0/s1. The third-order valence-electron chi connectivity index (χ3n) is 4.35. The maximum atomic E-state index is 12.4. The van der Waals surface area contributed by atoms with Crippen molar-refractivity contribution in [2.24, 2.45) is 0 Å². The molecule has 3 rings (SSSR count). The van der Waals surface area contributed by atoms with E-state index in [1.807, 2.05) is 40.0 Å². The van der Waals surface area contributed by atoms with Crippen molar-refractivity contribution < 1.29 is 9.53 Å². The third-order valence-corrected chi connectivity index (χ3v) is 4.35. The minimum atomic E-state index is 0.212. The average Bonchev–Trinajstić information content (AvgIpc) is 3.29. The van der Waals surface area contributed by atoms with E-state index in [9.17, 15) is 4.79 Å². The van der Waals surface area contributed by atoms with Crippen LogP contribution in [0.4, 0.5) is 0 Å². The van der Waals surface area contributed by atoms with Crippen molar-refractivity contribution in [3.63, 3.8) is 0 Å². The molecule has 1 saturated heterocycles. The van der Waals surface area contributed by atoms with Gasteiger partial charge in [-0.3, -0.25) is 4.79 Å². The van der Waals surface area contributed by atoms with Crippen molar-refractivity contribution in [2.75, 3.05) is 19.7 Å². The Morgan fingerprint density at radius 1 is 1.33 bits per heavy atom. The number of hydrogen-bond donors (Lipinski definition) is 0. The molecule has 0 bridgehead atoms. The van der Waals surface area contributed by atoms with Gasteiger partial charge in [-0.15, -0.1) is 5.10 Å². The molecule has 1 aliphatic rings. The van der Waals surface area contributed by atoms with Crippen LogP contribution >= 0.6 is 0 Å². The van der Waals surface area contributed by atoms with Crippen LogP contribution in [0, 0.1) is 0 Å². The molecule has 0 saturated carbocycles. The second kappa shape index (κ2) is 7.95. The lowest BCUT2D eigenvalue weighted by Crippen LogP contribution is -2.29. The molecule has 2 heterocycles. The second-order valence-electron chi connectivity index (χ2n) is 6.16. The van der Waals surface area contributed by atoms with E-state index >= 15 is 0 Å². The lowest BCUT2D eigenvalue weighted by molar-refractivity contribution is -0.130. The fourth-order valence-electron chi connectivity index (χ4n) is 2.98. The van der Waals surface area contributed by atoms with E-state index < -0.39 is 0 Å². The van der Waals surface area contributed by atoms with Crippen LogP contribution in [0.2, 0.25) is 0 Å². The summed E-state index contributed by atoms with van der Waals surface area (Å²) in [5.41, 5.74) is 1.17. The molecule has 24 heavy (non-hydrogen) atoms. The van der Waals surface area contributed by atoms with Gasteiger partial charge in [-0.25, -0.2) is 4.68 Å². The summed E-state index contributed by atoms with van der Waals surface area (Å²) >= 11 is 0. The predicted octanol–water partition coefficient (Wildman–Crippen LogP) is 2.47. The number of amides is 1. The van der Waals surface area contributed by atoms with E-state index in [2.05, 4.69) is 17.2 Å². The minimum absolute atomic E-state index is 0.212. The van der Waals surface area contributed by atoms with Gasteiger partial charge >= 0.3 is 0 Å². The van der Waals surface area contributed by atoms with Crippen LogP contribution in [0.15, 0.2) is 36.7 Å². The van der Waals surface area contributed by atoms with Crippen molar-refractivity contribution in [1.29, 1.82) is 0 Å². The molecule has 1 amide bonds. The number of aryl methyl sites for hydroxylation is 1. The summed E-state index contributed by atoms with van der Waals surface area (Å²) in [7, 11) is 0. The Bertz CT molecular complexity index is 640. The summed E-state index contributed by atoms with van der Waals surface area (Å²) in [6.45, 7) is 4.35. The highest BCUT2D eigenvalue weighted by Crippen LogP contribution is 2.21. The Morgan fingerprint density at radius 2 is 2.17 bits per heavy atom. The summed E-state index contributed by atoms with van der Waals surface area (Å²) in [4.78, 5) is 14.3. The van der Waals surface area contributed by atoms with Crippen molar-refractivity contribution >= 4 is 5.91 Å². The molecule has 1 aromatic carbocycles. The van der Waals surface area contributed by atoms with Crippen molar-refractivity contribution in [1.82, 2.24) is 19.9 Å². The number of likely N-dealkylation sites (tertiary alicyclic amines) is 1. The molecule has 1 atom stereocenters. The molecular formula is C18H24N4O2. The van der Waals surface area contributed by atoms with E-state index in [0.717, 1.165) is 44.7 Å². The van der Waals surface area contributed by atoms with Gasteiger partial charge in [0, 0.05) is 25.7 Å². The molecule has 0 aliphatic carbocycles. The maximum Gasteiger partial charge on any atom is 0.222 e. The van der Waals surface area contributed by atoms with Crippen LogP contribution in [0.3, 0.4) is 0 Å². The highest BCUT2D eigenvalue weighted by atomic mass is 16.5. The smallest absolute Gasteiger partial charge is 0.222 e. The lowest BCUT2D eigenvalue weighted by Gasteiger charge is -2.16. The summed E-state index contributed by atoms with van der Waals surface area (Å²) in [5.74, 6) is 1.10. The molecule has 6 nitrogen and oxygen atoms in total. The molecule has 0 radical (unpaired) electrons. The number of rotatable bonds is 7. The average molecular weight is 328 g/mol. The molecule has 1 aromatic heterocycles. The van der Waals surface area contributed by atoms with Gasteiger partial charge in [-0.05, 0) is 37.0 Å². The first-order chi connectivity index (χ1) is 11.8. The van der Waals surface area contributed by atoms with E-state index in [0.29, 0.717) is 6.42 Å². The SMILES string of the molecule is CCCOc1ccc(CCC(=O)N2CC[C@H](n3ccnn3)C2)cc1. The summed E-state index contributed by atoms with van der Waals surface area (Å²) in [6, 6.07) is 8.30. The Labute approximate surface area is 142 Å². The molecule has 0 unspecified atom stereocenters. The maximum absolute atomic E-state index is 12.4. The van der Waals surface area contributed by atoms with Gasteiger partial charge in [0.2, 0.25) is 5.91 Å². The zero-order valence-corrected chi connectivity index (χ0v) is 14.1. The predicted molar refractivity (Wildman–Crippen MR) is 90.8 cm³/mol. The molecule has 6 heteroatoms. The third kappa shape index (κ3) is 4.13. The monoisotopic (exact) mass is 328 g/mol. The number of carbonyl (C=O) groups is 1. The van der Waals surface area contributed by atoms with Crippen LogP contribution in [0.25, 0.3) is 0 Å². The van der Waals surface area contributed by atoms with Gasteiger partial charge < -0.3 is 9.64 Å². The largest absolute Gasteiger partial charge is 0.494 e. The molecule has 0 N–H and O–H groups in total. The fraction of sp³-hybridized carbons (Fsp3) is 0.500.